The third kappa shape index (κ3) is 5.72. The molecule has 6 heteroatoms. The Morgan fingerprint density at radius 2 is 1.93 bits per heavy atom. The minimum Gasteiger partial charge on any atom is -0.396 e. The maximum Gasteiger partial charge on any atom is 0.191 e. The van der Waals surface area contributed by atoms with Crippen molar-refractivity contribution in [3.05, 3.63) is 64.6 Å². The Labute approximate surface area is 176 Å². The number of halogens is 1. The standard InChI is InChI=1S/C22H29BrN4O/c1-24-22(26-14-19(16-28)18-5-3-2-4-6-18)25-13-17-11-12-27(15-17)21-9-7-20(23)8-10-21/h2-10,17,19,28H,11-16H2,1H3,(H2,24,25,26). The smallest absolute Gasteiger partial charge is 0.191 e. The van der Waals surface area contributed by atoms with Gasteiger partial charge in [0.05, 0.1) is 6.61 Å². The zero-order valence-electron chi connectivity index (χ0n) is 16.3. The number of guanidine groups is 1. The normalized spacial score (nSPS) is 18.2. The van der Waals surface area contributed by atoms with Gasteiger partial charge in [-0.25, -0.2) is 0 Å². The number of nitrogens with zero attached hydrogens (tertiary/aromatic N) is 2. The third-order valence-corrected chi connectivity index (χ3v) is 5.80. The summed E-state index contributed by atoms with van der Waals surface area (Å²) in [6.45, 7) is 3.78. The van der Waals surface area contributed by atoms with E-state index in [4.69, 9.17) is 0 Å². The molecule has 3 rings (SSSR count). The number of aliphatic hydroxyl groups is 1. The number of anilines is 1. The van der Waals surface area contributed by atoms with Gasteiger partial charge in [0.25, 0.3) is 0 Å². The lowest BCUT2D eigenvalue weighted by molar-refractivity contribution is 0.265. The first-order chi connectivity index (χ1) is 13.7. The van der Waals surface area contributed by atoms with Gasteiger partial charge in [0.2, 0.25) is 0 Å². The highest BCUT2D eigenvalue weighted by molar-refractivity contribution is 9.10. The number of nitrogens with one attached hydrogen (secondary N) is 2. The molecule has 1 fully saturated rings. The molecule has 1 saturated heterocycles. The highest BCUT2D eigenvalue weighted by atomic mass is 79.9. The molecule has 28 heavy (non-hydrogen) atoms. The molecule has 1 heterocycles. The molecule has 0 saturated carbocycles. The maximum absolute atomic E-state index is 9.71. The zero-order valence-corrected chi connectivity index (χ0v) is 17.9. The second-order valence-corrected chi connectivity index (χ2v) is 8.12. The number of aliphatic imine (C=N–C) groups is 1. The van der Waals surface area contributed by atoms with E-state index in [-0.39, 0.29) is 12.5 Å². The Balaban J connectivity index is 1.45. The van der Waals surface area contributed by atoms with Gasteiger partial charge < -0.3 is 20.6 Å². The monoisotopic (exact) mass is 444 g/mol. The molecule has 0 amide bonds. The lowest BCUT2D eigenvalue weighted by atomic mass is 10.0. The number of rotatable bonds is 7. The Kier molecular flexibility index (Phi) is 7.74. The number of hydrogen-bond donors (Lipinski definition) is 3. The van der Waals surface area contributed by atoms with Crippen LogP contribution in [0.3, 0.4) is 0 Å². The molecule has 0 aliphatic carbocycles. The van der Waals surface area contributed by atoms with Gasteiger partial charge in [0.1, 0.15) is 0 Å². The van der Waals surface area contributed by atoms with Gasteiger partial charge in [-0.1, -0.05) is 46.3 Å². The molecule has 1 aliphatic rings. The second-order valence-electron chi connectivity index (χ2n) is 7.20. The SMILES string of the molecule is CN=C(NCC1CCN(c2ccc(Br)cc2)C1)NCC(CO)c1ccccc1. The van der Waals surface area contributed by atoms with Crippen molar-refractivity contribution < 1.29 is 5.11 Å². The van der Waals surface area contributed by atoms with Gasteiger partial charge >= 0.3 is 0 Å². The van der Waals surface area contributed by atoms with Gasteiger partial charge in [-0.05, 0) is 42.2 Å². The molecule has 2 aromatic rings. The van der Waals surface area contributed by atoms with Gasteiger partial charge in [0, 0.05) is 49.3 Å². The van der Waals surface area contributed by atoms with E-state index in [2.05, 4.69) is 60.7 Å². The molecular weight excluding hydrogens is 416 g/mol. The molecule has 2 atom stereocenters. The highest BCUT2D eigenvalue weighted by Gasteiger charge is 2.23. The van der Waals surface area contributed by atoms with Crippen LogP contribution in [0, 0.1) is 5.92 Å². The van der Waals surface area contributed by atoms with Crippen molar-refractivity contribution >= 4 is 27.6 Å². The van der Waals surface area contributed by atoms with Crippen LogP contribution in [0.15, 0.2) is 64.1 Å². The van der Waals surface area contributed by atoms with E-state index >= 15 is 0 Å². The van der Waals surface area contributed by atoms with Crippen LogP contribution in [0.2, 0.25) is 0 Å². The van der Waals surface area contributed by atoms with Crippen LogP contribution < -0.4 is 15.5 Å². The van der Waals surface area contributed by atoms with Crippen LogP contribution in [-0.2, 0) is 0 Å². The molecule has 150 valence electrons. The summed E-state index contributed by atoms with van der Waals surface area (Å²) in [6, 6.07) is 18.6. The molecule has 0 spiro atoms. The summed E-state index contributed by atoms with van der Waals surface area (Å²) in [5.74, 6) is 1.43. The van der Waals surface area contributed by atoms with Crippen LogP contribution in [0.5, 0.6) is 0 Å². The summed E-state index contributed by atoms with van der Waals surface area (Å²) in [6.07, 6.45) is 1.17. The summed E-state index contributed by atoms with van der Waals surface area (Å²) in [4.78, 5) is 6.77. The summed E-state index contributed by atoms with van der Waals surface area (Å²) >= 11 is 3.50. The predicted octanol–water partition coefficient (Wildman–Crippen LogP) is 3.22. The summed E-state index contributed by atoms with van der Waals surface area (Å²) in [5, 5.41) is 16.5. The van der Waals surface area contributed by atoms with E-state index in [9.17, 15) is 5.11 Å². The average Bonchev–Trinajstić information content (AvgIpc) is 3.21. The summed E-state index contributed by atoms with van der Waals surface area (Å²) in [7, 11) is 1.79. The first-order valence-electron chi connectivity index (χ1n) is 9.80. The lowest BCUT2D eigenvalue weighted by Gasteiger charge is -2.20. The number of aliphatic hydroxyl groups excluding tert-OH is 1. The third-order valence-electron chi connectivity index (χ3n) is 5.27. The Hall–Kier alpha value is -2.05. The van der Waals surface area contributed by atoms with E-state index in [1.807, 2.05) is 30.3 Å². The topological polar surface area (TPSA) is 59.9 Å². The molecule has 2 aromatic carbocycles. The van der Waals surface area contributed by atoms with Crippen molar-refractivity contribution in [2.45, 2.75) is 12.3 Å². The Bertz CT molecular complexity index is 751. The van der Waals surface area contributed by atoms with Gasteiger partial charge in [0.15, 0.2) is 5.96 Å². The molecule has 3 N–H and O–H groups in total. The highest BCUT2D eigenvalue weighted by Crippen LogP contribution is 2.25. The molecule has 0 radical (unpaired) electrons. The van der Waals surface area contributed by atoms with Crippen LogP contribution in [-0.4, -0.2) is 50.9 Å². The van der Waals surface area contributed by atoms with Crippen LogP contribution in [0.4, 0.5) is 5.69 Å². The van der Waals surface area contributed by atoms with Crippen LogP contribution in [0.1, 0.15) is 17.9 Å². The Morgan fingerprint density at radius 1 is 1.18 bits per heavy atom. The number of hydrogen-bond acceptors (Lipinski definition) is 3. The minimum absolute atomic E-state index is 0.0547. The first-order valence-corrected chi connectivity index (χ1v) is 10.6. The van der Waals surface area contributed by atoms with Gasteiger partial charge in [-0.3, -0.25) is 4.99 Å². The fourth-order valence-corrected chi connectivity index (χ4v) is 3.84. The van der Waals surface area contributed by atoms with Crippen molar-refractivity contribution in [3.8, 4) is 0 Å². The molecule has 1 aliphatic heterocycles. The largest absolute Gasteiger partial charge is 0.396 e. The van der Waals surface area contributed by atoms with Crippen molar-refractivity contribution in [3.63, 3.8) is 0 Å². The van der Waals surface area contributed by atoms with Crippen molar-refractivity contribution in [1.29, 1.82) is 0 Å². The predicted molar refractivity (Wildman–Crippen MR) is 120 cm³/mol. The molecule has 2 unspecified atom stereocenters. The van der Waals surface area contributed by atoms with Crippen molar-refractivity contribution in [2.75, 3.05) is 44.7 Å². The molecule has 5 nitrogen and oxygen atoms in total. The maximum atomic E-state index is 9.71. The zero-order chi connectivity index (χ0) is 19.8. The minimum atomic E-state index is 0.0547. The molecule has 0 aromatic heterocycles. The van der Waals surface area contributed by atoms with E-state index in [1.54, 1.807) is 7.05 Å². The molecule has 0 bridgehead atoms. The van der Waals surface area contributed by atoms with E-state index in [0.29, 0.717) is 12.5 Å². The van der Waals surface area contributed by atoms with E-state index in [0.717, 1.165) is 35.6 Å². The lowest BCUT2D eigenvalue weighted by Crippen LogP contribution is -2.42. The van der Waals surface area contributed by atoms with Crippen LogP contribution >= 0.6 is 15.9 Å². The quantitative estimate of drug-likeness (QED) is 0.453. The Morgan fingerprint density at radius 3 is 2.61 bits per heavy atom. The fraction of sp³-hybridized carbons (Fsp3) is 0.409. The van der Waals surface area contributed by atoms with Crippen molar-refractivity contribution in [2.24, 2.45) is 10.9 Å². The average molecular weight is 445 g/mol. The van der Waals surface area contributed by atoms with Gasteiger partial charge in [-0.2, -0.15) is 0 Å². The summed E-state index contributed by atoms with van der Waals surface area (Å²) in [5.41, 5.74) is 2.41. The first kappa shape index (κ1) is 20.7. The summed E-state index contributed by atoms with van der Waals surface area (Å²) < 4.78 is 1.11. The van der Waals surface area contributed by atoms with Crippen LogP contribution in [0.25, 0.3) is 0 Å². The van der Waals surface area contributed by atoms with E-state index in [1.165, 1.54) is 12.1 Å². The van der Waals surface area contributed by atoms with Crippen molar-refractivity contribution in [1.82, 2.24) is 10.6 Å². The fourth-order valence-electron chi connectivity index (χ4n) is 3.58. The van der Waals surface area contributed by atoms with Gasteiger partial charge in [-0.15, -0.1) is 0 Å². The number of benzene rings is 2. The second kappa shape index (κ2) is 10.5. The van der Waals surface area contributed by atoms with E-state index < -0.39 is 0 Å². The molecular formula is C22H29BrN4O.